The number of aromatic nitrogens is 1. The van der Waals surface area contributed by atoms with E-state index in [0.29, 0.717) is 21.4 Å². The van der Waals surface area contributed by atoms with Crippen molar-refractivity contribution in [3.05, 3.63) is 58.4 Å². The summed E-state index contributed by atoms with van der Waals surface area (Å²) in [5.41, 5.74) is 8.14. The minimum absolute atomic E-state index is 0.274. The Bertz CT molecular complexity index is 844. The fourth-order valence-electron chi connectivity index (χ4n) is 2.10. The molecule has 1 heterocycles. The zero-order valence-electron chi connectivity index (χ0n) is 10.8. The number of hydrogen-bond donors (Lipinski definition) is 3. The highest BCUT2D eigenvalue weighted by molar-refractivity contribution is 9.10. The molecular weight excluding hydrogens is 337 g/mol. The van der Waals surface area contributed by atoms with Gasteiger partial charge in [-0.25, -0.2) is 4.39 Å². The third kappa shape index (κ3) is 2.62. The van der Waals surface area contributed by atoms with Crippen LogP contribution in [0.15, 0.2) is 47.1 Å². The van der Waals surface area contributed by atoms with E-state index in [1.54, 1.807) is 24.4 Å². The van der Waals surface area contributed by atoms with Crippen LogP contribution in [0.1, 0.15) is 10.4 Å². The van der Waals surface area contributed by atoms with Crippen molar-refractivity contribution in [1.82, 2.24) is 4.98 Å². The van der Waals surface area contributed by atoms with Crippen molar-refractivity contribution in [2.45, 2.75) is 0 Å². The molecule has 1 amide bonds. The average Bonchev–Trinajstić information content (AvgIpc) is 2.85. The second-order valence-corrected chi connectivity index (χ2v) is 5.44. The minimum Gasteiger partial charge on any atom is -0.399 e. The number of nitrogens with one attached hydrogen (secondary N) is 2. The summed E-state index contributed by atoms with van der Waals surface area (Å²) in [5, 5.41) is 3.51. The number of carbonyl (C=O) groups excluding carboxylic acids is 1. The van der Waals surface area contributed by atoms with Crippen LogP contribution in [-0.4, -0.2) is 10.9 Å². The van der Waals surface area contributed by atoms with Crippen LogP contribution in [0.3, 0.4) is 0 Å². The second kappa shape index (κ2) is 5.21. The van der Waals surface area contributed by atoms with Gasteiger partial charge < -0.3 is 16.0 Å². The molecule has 106 valence electrons. The summed E-state index contributed by atoms with van der Waals surface area (Å²) >= 11 is 3.09. The van der Waals surface area contributed by atoms with Crippen molar-refractivity contribution in [1.29, 1.82) is 0 Å². The molecule has 0 aliphatic rings. The number of halogens is 2. The minimum atomic E-state index is -0.379. The van der Waals surface area contributed by atoms with Gasteiger partial charge in [-0.15, -0.1) is 0 Å². The zero-order valence-corrected chi connectivity index (χ0v) is 12.4. The van der Waals surface area contributed by atoms with E-state index in [1.165, 1.54) is 18.2 Å². The number of aromatic amines is 1. The molecule has 21 heavy (non-hydrogen) atoms. The van der Waals surface area contributed by atoms with Crippen LogP contribution in [0.4, 0.5) is 15.8 Å². The lowest BCUT2D eigenvalue weighted by Crippen LogP contribution is -2.11. The zero-order chi connectivity index (χ0) is 15.0. The predicted molar refractivity (Wildman–Crippen MR) is 84.8 cm³/mol. The van der Waals surface area contributed by atoms with E-state index in [2.05, 4.69) is 26.2 Å². The fraction of sp³-hybridized carbons (Fsp3) is 0. The van der Waals surface area contributed by atoms with E-state index >= 15 is 0 Å². The first-order valence-electron chi connectivity index (χ1n) is 6.17. The molecule has 0 saturated carbocycles. The molecule has 0 aliphatic heterocycles. The molecule has 0 bridgehead atoms. The van der Waals surface area contributed by atoms with Crippen LogP contribution in [-0.2, 0) is 0 Å². The van der Waals surface area contributed by atoms with Gasteiger partial charge >= 0.3 is 0 Å². The third-order valence-electron chi connectivity index (χ3n) is 3.13. The molecule has 3 aromatic rings. The number of amides is 1. The summed E-state index contributed by atoms with van der Waals surface area (Å²) in [4.78, 5) is 15.3. The monoisotopic (exact) mass is 347 g/mol. The standard InChI is InChI=1S/C15H11BrFN3O/c16-12-6-9(2-4-13(12)17)20-15(21)11-7-19-14-5-8(18)1-3-10(11)14/h1-7,19H,18H2,(H,20,21). The number of fused-ring (bicyclic) bond motifs is 1. The smallest absolute Gasteiger partial charge is 0.257 e. The Hall–Kier alpha value is -2.34. The summed E-state index contributed by atoms with van der Waals surface area (Å²) < 4.78 is 13.5. The molecule has 0 atom stereocenters. The predicted octanol–water partition coefficient (Wildman–Crippen LogP) is 3.90. The van der Waals surface area contributed by atoms with Crippen molar-refractivity contribution < 1.29 is 9.18 Å². The summed E-state index contributed by atoms with van der Waals surface area (Å²) in [6.07, 6.45) is 1.62. The number of anilines is 2. The average molecular weight is 348 g/mol. The summed E-state index contributed by atoms with van der Waals surface area (Å²) in [7, 11) is 0. The van der Waals surface area contributed by atoms with Crippen LogP contribution in [0.25, 0.3) is 10.9 Å². The molecule has 3 rings (SSSR count). The first-order valence-corrected chi connectivity index (χ1v) is 6.97. The summed E-state index contributed by atoms with van der Waals surface area (Å²) in [6.45, 7) is 0. The molecule has 0 unspecified atom stereocenters. The van der Waals surface area contributed by atoms with Crippen molar-refractivity contribution in [3.63, 3.8) is 0 Å². The second-order valence-electron chi connectivity index (χ2n) is 4.59. The maximum absolute atomic E-state index is 13.2. The van der Waals surface area contributed by atoms with E-state index in [0.717, 1.165) is 10.9 Å². The third-order valence-corrected chi connectivity index (χ3v) is 3.74. The highest BCUT2D eigenvalue weighted by Gasteiger charge is 2.13. The Kier molecular flexibility index (Phi) is 3.39. The lowest BCUT2D eigenvalue weighted by molar-refractivity contribution is 0.102. The first kappa shape index (κ1) is 13.6. The first-order chi connectivity index (χ1) is 10.0. The van der Waals surface area contributed by atoms with Crippen molar-refractivity contribution in [3.8, 4) is 0 Å². The van der Waals surface area contributed by atoms with Gasteiger partial charge in [0, 0.05) is 28.5 Å². The van der Waals surface area contributed by atoms with Crippen molar-refractivity contribution in [2.75, 3.05) is 11.1 Å². The van der Waals surface area contributed by atoms with Crippen LogP contribution in [0.2, 0.25) is 0 Å². The maximum Gasteiger partial charge on any atom is 0.257 e. The molecular formula is C15H11BrFN3O. The Morgan fingerprint density at radius 3 is 2.81 bits per heavy atom. The molecule has 4 nitrogen and oxygen atoms in total. The highest BCUT2D eigenvalue weighted by atomic mass is 79.9. The Morgan fingerprint density at radius 2 is 2.05 bits per heavy atom. The van der Waals surface area contributed by atoms with E-state index in [-0.39, 0.29) is 11.7 Å². The quantitative estimate of drug-likeness (QED) is 0.615. The topological polar surface area (TPSA) is 70.9 Å². The number of nitrogen functional groups attached to an aromatic ring is 1. The number of benzene rings is 2. The Morgan fingerprint density at radius 1 is 1.24 bits per heavy atom. The number of hydrogen-bond acceptors (Lipinski definition) is 2. The Labute approximate surface area is 128 Å². The van der Waals surface area contributed by atoms with Gasteiger partial charge in [0.25, 0.3) is 5.91 Å². The number of rotatable bonds is 2. The molecule has 0 saturated heterocycles. The molecule has 2 aromatic carbocycles. The summed E-state index contributed by atoms with van der Waals surface area (Å²) in [6, 6.07) is 9.60. The van der Waals surface area contributed by atoms with Crippen LogP contribution >= 0.6 is 15.9 Å². The number of H-pyrrole nitrogens is 1. The van der Waals surface area contributed by atoms with Gasteiger partial charge in [-0.05, 0) is 52.3 Å². The highest BCUT2D eigenvalue weighted by Crippen LogP contribution is 2.23. The summed E-state index contributed by atoms with van der Waals surface area (Å²) in [5.74, 6) is -0.653. The number of carbonyl (C=O) groups is 1. The van der Waals surface area contributed by atoms with Crippen LogP contribution in [0, 0.1) is 5.82 Å². The molecule has 1 aromatic heterocycles. The van der Waals surface area contributed by atoms with Gasteiger partial charge in [0.05, 0.1) is 10.0 Å². The molecule has 6 heteroatoms. The van der Waals surface area contributed by atoms with Gasteiger partial charge in [0.1, 0.15) is 5.82 Å². The molecule has 0 aliphatic carbocycles. The Balaban J connectivity index is 1.91. The lowest BCUT2D eigenvalue weighted by atomic mass is 10.1. The fourth-order valence-corrected chi connectivity index (χ4v) is 2.48. The van der Waals surface area contributed by atoms with Gasteiger partial charge in [0.15, 0.2) is 0 Å². The van der Waals surface area contributed by atoms with Gasteiger partial charge in [-0.2, -0.15) is 0 Å². The van der Waals surface area contributed by atoms with E-state index in [1.807, 2.05) is 0 Å². The van der Waals surface area contributed by atoms with Gasteiger partial charge in [0.2, 0.25) is 0 Å². The number of nitrogens with two attached hydrogens (primary N) is 1. The molecule has 0 radical (unpaired) electrons. The van der Waals surface area contributed by atoms with Crippen LogP contribution < -0.4 is 11.1 Å². The van der Waals surface area contributed by atoms with Crippen molar-refractivity contribution in [2.24, 2.45) is 0 Å². The molecule has 0 fully saturated rings. The van der Waals surface area contributed by atoms with Crippen LogP contribution in [0.5, 0.6) is 0 Å². The molecule has 0 spiro atoms. The normalized spacial score (nSPS) is 10.8. The molecule has 4 N–H and O–H groups in total. The van der Waals surface area contributed by atoms with Gasteiger partial charge in [-0.1, -0.05) is 0 Å². The van der Waals surface area contributed by atoms with E-state index in [4.69, 9.17) is 5.73 Å². The SMILES string of the molecule is Nc1ccc2c(C(=O)Nc3ccc(F)c(Br)c3)c[nH]c2c1. The largest absolute Gasteiger partial charge is 0.399 e. The lowest BCUT2D eigenvalue weighted by Gasteiger charge is -2.05. The van der Waals surface area contributed by atoms with Crippen molar-refractivity contribution >= 4 is 44.1 Å². The van der Waals surface area contributed by atoms with E-state index in [9.17, 15) is 9.18 Å². The van der Waals surface area contributed by atoms with E-state index < -0.39 is 0 Å². The van der Waals surface area contributed by atoms with Gasteiger partial charge in [-0.3, -0.25) is 4.79 Å². The maximum atomic E-state index is 13.2.